The van der Waals surface area contributed by atoms with Crippen molar-refractivity contribution in [2.45, 2.75) is 36.4 Å². The van der Waals surface area contributed by atoms with Crippen LogP contribution in [0.1, 0.15) is 38.3 Å². The van der Waals surface area contributed by atoms with E-state index in [4.69, 9.17) is 4.74 Å². The number of benzene rings is 2. The van der Waals surface area contributed by atoms with Crippen LogP contribution in [0.4, 0.5) is 0 Å². The van der Waals surface area contributed by atoms with E-state index in [1.807, 2.05) is 12.1 Å². The molecule has 6 rings (SSSR count). The number of likely N-dealkylation sites (N-methyl/N-ethyl adjacent to an activating group) is 1. The average Bonchev–Trinajstić information content (AvgIpc) is 3.14. The SMILES string of the molecule is CN1CCC23c4c5ccc(O)c4OC2C(NC(=O)c2cccc(C(=O)O)c2)C=CC3C1C5. The molecule has 7 nitrogen and oxygen atoms in total. The number of aromatic carboxylic acids is 1. The summed E-state index contributed by atoms with van der Waals surface area (Å²) in [7, 11) is 2.16. The van der Waals surface area contributed by atoms with Crippen LogP contribution in [0.5, 0.6) is 11.5 Å². The van der Waals surface area contributed by atoms with E-state index in [-0.39, 0.29) is 34.7 Å². The van der Waals surface area contributed by atoms with Gasteiger partial charge in [0.25, 0.3) is 5.91 Å². The number of hydrogen-bond acceptors (Lipinski definition) is 5. The lowest BCUT2D eigenvalue weighted by Gasteiger charge is -2.57. The highest BCUT2D eigenvalue weighted by molar-refractivity contribution is 5.97. The fourth-order valence-electron chi connectivity index (χ4n) is 6.42. The molecule has 1 fully saturated rings. The summed E-state index contributed by atoms with van der Waals surface area (Å²) in [5.41, 5.74) is 2.38. The molecule has 2 aliphatic carbocycles. The molecule has 5 unspecified atom stereocenters. The van der Waals surface area contributed by atoms with E-state index in [9.17, 15) is 19.8 Å². The molecule has 1 amide bonds. The van der Waals surface area contributed by atoms with Gasteiger partial charge in [-0.05, 0) is 56.3 Å². The standard InChI is InChI=1S/C25H24N2O5/c1-27-10-9-25-16-6-7-17(26-23(29)14-3-2-4-15(11-14)24(30)31)22(25)32-21-19(28)8-5-13(20(21)25)12-18(16)27/h2-8,11,16-18,22,28H,9-10,12H2,1H3,(H,26,29)(H,30,31). The molecule has 2 aromatic rings. The minimum Gasteiger partial charge on any atom is -0.504 e. The molecule has 1 spiro atoms. The Morgan fingerprint density at radius 2 is 2.00 bits per heavy atom. The Labute approximate surface area is 185 Å². The van der Waals surface area contributed by atoms with Gasteiger partial charge < -0.3 is 25.2 Å². The molecule has 5 atom stereocenters. The molecule has 0 saturated carbocycles. The summed E-state index contributed by atoms with van der Waals surface area (Å²) in [5.74, 6) is -0.484. The minimum absolute atomic E-state index is 0.0695. The van der Waals surface area contributed by atoms with E-state index in [0.717, 1.165) is 24.9 Å². The summed E-state index contributed by atoms with van der Waals surface area (Å²) < 4.78 is 6.43. The lowest BCUT2D eigenvalue weighted by atomic mass is 9.53. The smallest absolute Gasteiger partial charge is 0.335 e. The Kier molecular flexibility index (Phi) is 3.99. The number of nitrogens with zero attached hydrogens (tertiary/aromatic N) is 1. The topological polar surface area (TPSA) is 99.1 Å². The summed E-state index contributed by atoms with van der Waals surface area (Å²) in [6.07, 6.45) is 5.67. The van der Waals surface area contributed by atoms with E-state index in [0.29, 0.717) is 17.4 Å². The fraction of sp³-hybridized carbons (Fsp3) is 0.360. The van der Waals surface area contributed by atoms with Gasteiger partial charge in [0.1, 0.15) is 6.10 Å². The zero-order valence-electron chi connectivity index (χ0n) is 17.6. The largest absolute Gasteiger partial charge is 0.504 e. The number of ether oxygens (including phenoxy) is 1. The van der Waals surface area contributed by atoms with Gasteiger partial charge in [-0.2, -0.15) is 0 Å². The quantitative estimate of drug-likeness (QED) is 0.644. The third-order valence-electron chi connectivity index (χ3n) is 7.85. The van der Waals surface area contributed by atoms with Crippen molar-refractivity contribution in [2.24, 2.45) is 5.92 Å². The number of carbonyl (C=O) groups excluding carboxylic acids is 1. The first-order valence-electron chi connectivity index (χ1n) is 10.9. The van der Waals surface area contributed by atoms with Crippen molar-refractivity contribution < 1.29 is 24.5 Å². The molecule has 2 heterocycles. The normalized spacial score (nSPS) is 31.5. The second-order valence-electron chi connectivity index (χ2n) is 9.32. The number of carbonyl (C=O) groups is 2. The Bertz CT molecular complexity index is 1190. The average molecular weight is 432 g/mol. The number of likely N-dealkylation sites (tertiary alicyclic amines) is 1. The number of carboxylic acids is 1. The molecule has 3 N–H and O–H groups in total. The van der Waals surface area contributed by atoms with E-state index in [1.54, 1.807) is 18.2 Å². The van der Waals surface area contributed by atoms with Crippen molar-refractivity contribution in [2.75, 3.05) is 13.6 Å². The van der Waals surface area contributed by atoms with Crippen molar-refractivity contribution in [3.8, 4) is 11.5 Å². The molecule has 2 aromatic carbocycles. The highest BCUT2D eigenvalue weighted by Crippen LogP contribution is 2.62. The van der Waals surface area contributed by atoms with Crippen LogP contribution in [-0.4, -0.2) is 58.8 Å². The van der Waals surface area contributed by atoms with Crippen LogP contribution in [0.3, 0.4) is 0 Å². The number of rotatable bonds is 3. The number of aromatic hydroxyl groups is 1. The highest BCUT2D eigenvalue weighted by atomic mass is 16.5. The van der Waals surface area contributed by atoms with Crippen molar-refractivity contribution in [3.05, 3.63) is 70.8 Å². The monoisotopic (exact) mass is 432 g/mol. The van der Waals surface area contributed by atoms with Crippen LogP contribution in [0.25, 0.3) is 0 Å². The van der Waals surface area contributed by atoms with Gasteiger partial charge in [-0.15, -0.1) is 0 Å². The third-order valence-corrected chi connectivity index (χ3v) is 7.85. The van der Waals surface area contributed by atoms with E-state index < -0.39 is 12.0 Å². The molecule has 1 saturated heterocycles. The van der Waals surface area contributed by atoms with E-state index in [1.165, 1.54) is 17.7 Å². The van der Waals surface area contributed by atoms with Gasteiger partial charge in [-0.25, -0.2) is 4.79 Å². The molecule has 7 heteroatoms. The number of piperidine rings is 1. The van der Waals surface area contributed by atoms with Crippen molar-refractivity contribution in [1.29, 1.82) is 0 Å². The number of amides is 1. The van der Waals surface area contributed by atoms with Crippen LogP contribution in [-0.2, 0) is 11.8 Å². The molecule has 4 aliphatic rings. The van der Waals surface area contributed by atoms with Crippen molar-refractivity contribution in [3.63, 3.8) is 0 Å². The molecule has 0 radical (unpaired) electrons. The Morgan fingerprint density at radius 1 is 1.19 bits per heavy atom. The van der Waals surface area contributed by atoms with Crippen molar-refractivity contribution >= 4 is 11.9 Å². The van der Waals surface area contributed by atoms with Crippen LogP contribution in [0.15, 0.2) is 48.6 Å². The molecular weight excluding hydrogens is 408 g/mol. The first kappa shape index (κ1) is 19.4. The van der Waals surface area contributed by atoms with E-state index in [2.05, 4.69) is 23.3 Å². The Morgan fingerprint density at radius 3 is 2.81 bits per heavy atom. The Hall–Kier alpha value is -3.32. The van der Waals surface area contributed by atoms with Crippen LogP contribution >= 0.6 is 0 Å². The van der Waals surface area contributed by atoms with Gasteiger partial charge in [0.2, 0.25) is 0 Å². The van der Waals surface area contributed by atoms with Gasteiger partial charge in [0.05, 0.1) is 11.6 Å². The van der Waals surface area contributed by atoms with Crippen molar-refractivity contribution in [1.82, 2.24) is 10.2 Å². The highest BCUT2D eigenvalue weighted by Gasteiger charge is 2.64. The van der Waals surface area contributed by atoms with Gasteiger partial charge in [-0.3, -0.25) is 4.79 Å². The number of carboxylic acid groups (broad SMARTS) is 1. The Balaban J connectivity index is 1.40. The number of nitrogens with one attached hydrogen (secondary N) is 1. The molecular formula is C25H24N2O5. The lowest BCUT2D eigenvalue weighted by molar-refractivity contribution is -0.00855. The first-order chi connectivity index (χ1) is 15.4. The fourth-order valence-corrected chi connectivity index (χ4v) is 6.42. The summed E-state index contributed by atoms with van der Waals surface area (Å²) >= 11 is 0. The summed E-state index contributed by atoms with van der Waals surface area (Å²) in [6.45, 7) is 0.921. The molecule has 164 valence electrons. The number of phenolic OH excluding ortho intramolecular Hbond substituents is 1. The van der Waals surface area contributed by atoms with Gasteiger partial charge in [0, 0.05) is 28.5 Å². The zero-order chi connectivity index (χ0) is 22.2. The molecule has 32 heavy (non-hydrogen) atoms. The molecule has 2 aliphatic heterocycles. The van der Waals surface area contributed by atoms with E-state index >= 15 is 0 Å². The number of phenols is 1. The maximum Gasteiger partial charge on any atom is 0.335 e. The predicted molar refractivity (Wildman–Crippen MR) is 116 cm³/mol. The summed E-state index contributed by atoms with van der Waals surface area (Å²) in [5, 5.41) is 22.9. The van der Waals surface area contributed by atoms with Crippen LogP contribution < -0.4 is 10.1 Å². The minimum atomic E-state index is -1.07. The zero-order valence-corrected chi connectivity index (χ0v) is 17.6. The summed E-state index contributed by atoms with van der Waals surface area (Å²) in [6, 6.07) is 9.68. The predicted octanol–water partition coefficient (Wildman–Crippen LogP) is 2.33. The second kappa shape index (κ2) is 6.59. The maximum absolute atomic E-state index is 13.1. The van der Waals surface area contributed by atoms with Crippen LogP contribution in [0.2, 0.25) is 0 Å². The second-order valence-corrected chi connectivity index (χ2v) is 9.32. The molecule has 0 aromatic heterocycles. The first-order valence-corrected chi connectivity index (χ1v) is 10.9. The maximum atomic E-state index is 13.1. The third kappa shape index (κ3) is 2.45. The van der Waals surface area contributed by atoms with Gasteiger partial charge in [0.15, 0.2) is 11.5 Å². The molecule has 2 bridgehead atoms. The lowest BCUT2D eigenvalue weighted by Crippen LogP contribution is -2.66. The van der Waals surface area contributed by atoms with Gasteiger partial charge >= 0.3 is 5.97 Å². The summed E-state index contributed by atoms with van der Waals surface area (Å²) in [4.78, 5) is 26.8. The van der Waals surface area contributed by atoms with Gasteiger partial charge in [-0.1, -0.05) is 24.3 Å². The number of hydrogen-bond donors (Lipinski definition) is 3. The van der Waals surface area contributed by atoms with Crippen LogP contribution in [0, 0.1) is 5.92 Å².